The fraction of sp³-hybridized carbons (Fsp3) is 0.300. The zero-order valence-corrected chi connectivity index (χ0v) is 18.2. The summed E-state index contributed by atoms with van der Waals surface area (Å²) in [6.07, 6.45) is 3.31. The Morgan fingerprint density at radius 2 is 1.04 bits per heavy atom. The highest BCUT2D eigenvalue weighted by Crippen LogP contribution is 2.17. The van der Waals surface area contributed by atoms with Gasteiger partial charge >= 0.3 is 0 Å². The van der Waals surface area contributed by atoms with Gasteiger partial charge in [0.1, 0.15) is 0 Å². The Morgan fingerprint density at radius 1 is 0.714 bits per heavy atom. The monoisotopic (exact) mass is 422 g/mol. The highest BCUT2D eigenvalue weighted by atomic mass is 32.2. The Labute approximate surface area is 168 Å². The minimum Gasteiger partial charge on any atom is -0.277 e. The first-order valence-corrected chi connectivity index (χ1v) is 11.6. The Kier molecular flexibility index (Phi) is 7.94. The third-order valence-electron chi connectivity index (χ3n) is 3.93. The van der Waals surface area contributed by atoms with E-state index >= 15 is 0 Å². The van der Waals surface area contributed by atoms with Crippen molar-refractivity contribution >= 4 is 20.0 Å². The highest BCUT2D eigenvalue weighted by molar-refractivity contribution is 7.89. The molecule has 0 fully saturated rings. The summed E-state index contributed by atoms with van der Waals surface area (Å²) >= 11 is 0. The van der Waals surface area contributed by atoms with Gasteiger partial charge < -0.3 is 0 Å². The van der Waals surface area contributed by atoms with Crippen molar-refractivity contribution in [2.45, 2.75) is 23.6 Å². The van der Waals surface area contributed by atoms with Gasteiger partial charge in [0.15, 0.2) is 20.0 Å². The molecule has 2 atom stereocenters. The van der Waals surface area contributed by atoms with Crippen molar-refractivity contribution in [3.63, 3.8) is 0 Å². The number of aryl methyl sites for hydroxylation is 2. The summed E-state index contributed by atoms with van der Waals surface area (Å²) in [7, 11) is -2.93. The van der Waals surface area contributed by atoms with E-state index in [2.05, 4.69) is 8.73 Å². The van der Waals surface area contributed by atoms with E-state index in [-0.39, 0.29) is 13.2 Å². The second-order valence-electron chi connectivity index (χ2n) is 5.98. The molecule has 0 N–H and O–H groups in total. The maximum absolute atomic E-state index is 12.8. The van der Waals surface area contributed by atoms with Crippen molar-refractivity contribution in [2.24, 2.45) is 8.73 Å². The molecule has 0 spiro atoms. The fourth-order valence-electron chi connectivity index (χ4n) is 2.27. The molecule has 0 aliphatic carbocycles. The van der Waals surface area contributed by atoms with Crippen molar-refractivity contribution < 1.29 is 16.8 Å². The Morgan fingerprint density at radius 3 is 1.32 bits per heavy atom. The molecule has 0 amide bonds. The van der Waals surface area contributed by atoms with E-state index in [1.54, 1.807) is 36.4 Å². The van der Waals surface area contributed by atoms with E-state index < -0.39 is 20.0 Å². The van der Waals surface area contributed by atoms with Gasteiger partial charge in [0.2, 0.25) is 0 Å². The van der Waals surface area contributed by atoms with Crippen LogP contribution in [0.3, 0.4) is 0 Å². The lowest BCUT2D eigenvalue weighted by molar-refractivity contribution is 0.373. The normalized spacial score (nSPS) is 15.7. The third kappa shape index (κ3) is 5.75. The zero-order chi connectivity index (χ0) is 20.6. The molecule has 0 aliphatic rings. The minimum atomic E-state index is -2.93. The molecular formula is C20H26N2O4S2. The van der Waals surface area contributed by atoms with Crippen LogP contribution in [0.5, 0.6) is 0 Å². The Bertz CT molecular complexity index is 957. The van der Waals surface area contributed by atoms with Gasteiger partial charge in [-0.1, -0.05) is 47.5 Å². The fourth-order valence-corrected chi connectivity index (χ4v) is 4.66. The van der Waals surface area contributed by atoms with Gasteiger partial charge in [-0.3, -0.25) is 8.37 Å². The summed E-state index contributed by atoms with van der Waals surface area (Å²) in [5, 5.41) is 0. The van der Waals surface area contributed by atoms with Gasteiger partial charge in [-0.15, -0.1) is 0 Å². The first kappa shape index (κ1) is 22.3. The summed E-state index contributed by atoms with van der Waals surface area (Å²) in [6.45, 7) is 4.08. The lowest BCUT2D eigenvalue weighted by atomic mass is 10.2. The predicted octanol–water partition coefficient (Wildman–Crippen LogP) is 4.34. The molecule has 0 unspecified atom stereocenters. The molecule has 0 heterocycles. The first-order chi connectivity index (χ1) is 13.3. The highest BCUT2D eigenvalue weighted by Gasteiger charge is 2.12. The molecule has 0 radical (unpaired) electrons. The molecule has 0 aromatic heterocycles. The Hall–Kier alpha value is -2.00. The standard InChI is InChI=1S/C20H26N2O4S2/c1-17-7-11-19(12-8-17)27(23,21-3)25-15-5-6-16-26-28(24,22-4)20-13-9-18(2)10-14-20/h5-14H,15-16H2,1-4H3/b6-5-/t27-,28-/m0/s1. The molecule has 2 aromatic carbocycles. The molecule has 8 heteroatoms. The van der Waals surface area contributed by atoms with Crippen LogP contribution in [0.25, 0.3) is 0 Å². The molecule has 0 saturated heterocycles. The largest absolute Gasteiger partial charge is 0.277 e. The smallest absolute Gasteiger partial charge is 0.193 e. The van der Waals surface area contributed by atoms with E-state index in [9.17, 15) is 8.42 Å². The molecule has 2 aromatic rings. The first-order valence-electron chi connectivity index (χ1n) is 8.70. The molecule has 0 saturated carbocycles. The van der Waals surface area contributed by atoms with Crippen molar-refractivity contribution in [3.05, 3.63) is 71.8 Å². The second kappa shape index (κ2) is 9.97. The maximum Gasteiger partial charge on any atom is 0.193 e. The van der Waals surface area contributed by atoms with Crippen molar-refractivity contribution in [1.29, 1.82) is 0 Å². The van der Waals surface area contributed by atoms with E-state index in [4.69, 9.17) is 8.37 Å². The summed E-state index contributed by atoms with van der Waals surface area (Å²) in [6, 6.07) is 14.4. The third-order valence-corrected chi connectivity index (χ3v) is 7.54. The van der Waals surface area contributed by atoms with Gasteiger partial charge in [-0.2, -0.15) is 0 Å². The Balaban J connectivity index is 1.94. The van der Waals surface area contributed by atoms with Crippen LogP contribution >= 0.6 is 0 Å². The average Bonchev–Trinajstić information content (AvgIpc) is 2.71. The van der Waals surface area contributed by atoms with Gasteiger partial charge in [-0.25, -0.2) is 17.1 Å². The van der Waals surface area contributed by atoms with Crippen LogP contribution in [-0.2, 0) is 28.4 Å². The van der Waals surface area contributed by atoms with E-state index in [1.165, 1.54) is 14.1 Å². The molecule has 0 aliphatic heterocycles. The zero-order valence-electron chi connectivity index (χ0n) is 16.5. The van der Waals surface area contributed by atoms with Crippen molar-refractivity contribution in [3.8, 4) is 0 Å². The van der Waals surface area contributed by atoms with Crippen molar-refractivity contribution in [1.82, 2.24) is 0 Å². The van der Waals surface area contributed by atoms with Crippen LogP contribution in [0, 0.1) is 13.8 Å². The molecule has 0 bridgehead atoms. The SMILES string of the molecule is CN=[S@@](=O)(OC/C=C\CO[S@](=O)(=NC)c1ccc(C)cc1)c1ccc(C)cc1. The maximum atomic E-state index is 12.8. The summed E-state index contributed by atoms with van der Waals surface area (Å²) in [5.41, 5.74) is 2.13. The average molecular weight is 423 g/mol. The lowest BCUT2D eigenvalue weighted by Crippen LogP contribution is -2.08. The topological polar surface area (TPSA) is 77.3 Å². The molecule has 152 valence electrons. The van der Waals surface area contributed by atoms with Crippen molar-refractivity contribution in [2.75, 3.05) is 27.3 Å². The summed E-state index contributed by atoms with van der Waals surface area (Å²) in [5.74, 6) is 0. The van der Waals surface area contributed by atoms with Gasteiger partial charge in [0.05, 0.1) is 23.0 Å². The second-order valence-corrected chi connectivity index (χ2v) is 10.0. The van der Waals surface area contributed by atoms with E-state index in [0.717, 1.165) is 11.1 Å². The number of nitrogens with zero attached hydrogens (tertiary/aromatic N) is 2. The summed E-state index contributed by atoms with van der Waals surface area (Å²) < 4.78 is 44.4. The minimum absolute atomic E-state index is 0.0857. The number of hydrogen-bond donors (Lipinski definition) is 0. The van der Waals surface area contributed by atoms with Crippen LogP contribution in [0.15, 0.2) is 79.2 Å². The van der Waals surface area contributed by atoms with Gasteiger partial charge in [0.25, 0.3) is 0 Å². The van der Waals surface area contributed by atoms with Gasteiger partial charge in [0, 0.05) is 14.1 Å². The quantitative estimate of drug-likeness (QED) is 0.593. The molecule has 2 rings (SSSR count). The molecular weight excluding hydrogens is 396 g/mol. The lowest BCUT2D eigenvalue weighted by Gasteiger charge is -2.10. The van der Waals surface area contributed by atoms with Crippen LogP contribution in [0.1, 0.15) is 11.1 Å². The number of benzene rings is 2. The van der Waals surface area contributed by atoms with Gasteiger partial charge in [-0.05, 0) is 38.1 Å². The predicted molar refractivity (Wildman–Crippen MR) is 113 cm³/mol. The van der Waals surface area contributed by atoms with Crippen LogP contribution < -0.4 is 0 Å². The summed E-state index contributed by atoms with van der Waals surface area (Å²) in [4.78, 5) is 1.05. The van der Waals surface area contributed by atoms with Crippen LogP contribution in [0.2, 0.25) is 0 Å². The number of hydrogen-bond acceptors (Lipinski definition) is 6. The molecule has 28 heavy (non-hydrogen) atoms. The van der Waals surface area contributed by atoms with Crippen LogP contribution in [-0.4, -0.2) is 35.7 Å². The molecule has 6 nitrogen and oxygen atoms in total. The van der Waals surface area contributed by atoms with E-state index in [0.29, 0.717) is 9.79 Å². The van der Waals surface area contributed by atoms with E-state index in [1.807, 2.05) is 38.1 Å². The number of rotatable bonds is 8. The van der Waals surface area contributed by atoms with Crippen LogP contribution in [0.4, 0.5) is 0 Å².